The molecule has 0 radical (unpaired) electrons. The molecule has 140 valence electrons. The molecule has 2 N–H and O–H groups in total. The Morgan fingerprint density at radius 1 is 1.08 bits per heavy atom. The Morgan fingerprint density at radius 2 is 1.81 bits per heavy atom. The fraction of sp³-hybridized carbons (Fsp3) is 0.450. The summed E-state index contributed by atoms with van der Waals surface area (Å²) in [4.78, 5) is 6.78. The van der Waals surface area contributed by atoms with Gasteiger partial charge in [0.15, 0.2) is 5.96 Å². The Kier molecular flexibility index (Phi) is 6.68. The molecule has 2 heterocycles. The van der Waals surface area contributed by atoms with E-state index in [0.29, 0.717) is 0 Å². The second kappa shape index (κ2) is 9.40. The molecule has 26 heavy (non-hydrogen) atoms. The number of hydrogen-bond acceptors (Lipinski definition) is 3. The molecular formula is C20H29N5O. The van der Waals surface area contributed by atoms with Gasteiger partial charge in [-0.1, -0.05) is 24.3 Å². The molecule has 1 aliphatic heterocycles. The Bertz CT molecular complexity index is 718. The van der Waals surface area contributed by atoms with Crippen molar-refractivity contribution in [2.24, 2.45) is 12.0 Å². The molecule has 1 aliphatic rings. The maximum absolute atomic E-state index is 5.45. The number of aromatic nitrogens is 1. The lowest BCUT2D eigenvalue weighted by Gasteiger charge is -2.27. The third-order valence-corrected chi connectivity index (χ3v) is 4.64. The van der Waals surface area contributed by atoms with E-state index in [1.165, 1.54) is 16.7 Å². The zero-order valence-electron chi connectivity index (χ0n) is 15.7. The second-order valence-corrected chi connectivity index (χ2v) is 6.62. The second-order valence-electron chi connectivity index (χ2n) is 6.62. The zero-order valence-corrected chi connectivity index (χ0v) is 15.7. The van der Waals surface area contributed by atoms with E-state index in [9.17, 15) is 0 Å². The summed E-state index contributed by atoms with van der Waals surface area (Å²) in [6.07, 6.45) is 4.16. The average molecular weight is 355 g/mol. The van der Waals surface area contributed by atoms with Crippen LogP contribution in [0.4, 0.5) is 0 Å². The number of nitrogens with one attached hydrogen (secondary N) is 2. The first kappa shape index (κ1) is 18.5. The van der Waals surface area contributed by atoms with Crippen molar-refractivity contribution in [3.8, 4) is 0 Å². The van der Waals surface area contributed by atoms with Crippen LogP contribution >= 0.6 is 0 Å². The molecule has 0 amide bonds. The maximum atomic E-state index is 5.45. The van der Waals surface area contributed by atoms with Crippen molar-refractivity contribution in [2.75, 3.05) is 33.4 Å². The highest BCUT2D eigenvalue weighted by atomic mass is 16.5. The normalized spacial score (nSPS) is 15.8. The molecule has 0 atom stereocenters. The summed E-state index contributed by atoms with van der Waals surface area (Å²) in [6, 6.07) is 10.7. The fourth-order valence-corrected chi connectivity index (χ4v) is 3.14. The number of aliphatic imine (C=N–C) groups is 1. The number of ether oxygens (including phenoxy) is 1. The Balaban J connectivity index is 1.54. The largest absolute Gasteiger partial charge is 0.379 e. The number of guanidine groups is 1. The van der Waals surface area contributed by atoms with Crippen molar-refractivity contribution in [1.82, 2.24) is 20.1 Å². The van der Waals surface area contributed by atoms with Crippen molar-refractivity contribution in [3.05, 3.63) is 59.4 Å². The van der Waals surface area contributed by atoms with Crippen molar-refractivity contribution >= 4 is 5.96 Å². The van der Waals surface area contributed by atoms with Gasteiger partial charge in [0.05, 0.1) is 13.2 Å². The summed E-state index contributed by atoms with van der Waals surface area (Å²) < 4.78 is 7.50. The van der Waals surface area contributed by atoms with E-state index in [-0.39, 0.29) is 0 Å². The van der Waals surface area contributed by atoms with Crippen LogP contribution < -0.4 is 10.6 Å². The number of benzene rings is 1. The van der Waals surface area contributed by atoms with Crippen LogP contribution in [0.5, 0.6) is 0 Å². The van der Waals surface area contributed by atoms with Gasteiger partial charge in [0.25, 0.3) is 0 Å². The summed E-state index contributed by atoms with van der Waals surface area (Å²) in [7, 11) is 3.84. The maximum Gasteiger partial charge on any atom is 0.191 e. The summed E-state index contributed by atoms with van der Waals surface area (Å²) in [5.41, 5.74) is 3.91. The molecule has 1 aromatic heterocycles. The molecule has 0 bridgehead atoms. The molecule has 0 aliphatic carbocycles. The van der Waals surface area contributed by atoms with Crippen LogP contribution in [-0.4, -0.2) is 48.8 Å². The van der Waals surface area contributed by atoms with Gasteiger partial charge in [-0.15, -0.1) is 0 Å². The summed E-state index contributed by atoms with van der Waals surface area (Å²) in [5, 5.41) is 6.80. The molecule has 6 nitrogen and oxygen atoms in total. The predicted molar refractivity (Wildman–Crippen MR) is 105 cm³/mol. The van der Waals surface area contributed by atoms with Gasteiger partial charge >= 0.3 is 0 Å². The summed E-state index contributed by atoms with van der Waals surface area (Å²) >= 11 is 0. The molecule has 0 spiro atoms. The first-order valence-corrected chi connectivity index (χ1v) is 9.17. The van der Waals surface area contributed by atoms with E-state index < -0.39 is 0 Å². The quantitative estimate of drug-likeness (QED) is 0.612. The molecule has 2 aromatic rings. The lowest BCUT2D eigenvalue weighted by Crippen LogP contribution is -2.37. The number of hydrogen-bond donors (Lipinski definition) is 2. The van der Waals surface area contributed by atoms with Gasteiger partial charge in [0.1, 0.15) is 0 Å². The van der Waals surface area contributed by atoms with E-state index in [0.717, 1.165) is 51.9 Å². The highest BCUT2D eigenvalue weighted by Gasteiger charge is 2.12. The van der Waals surface area contributed by atoms with Crippen molar-refractivity contribution in [1.29, 1.82) is 0 Å². The summed E-state index contributed by atoms with van der Waals surface area (Å²) in [5.74, 6) is 0.815. The monoisotopic (exact) mass is 355 g/mol. The van der Waals surface area contributed by atoms with Gasteiger partial charge in [-0.25, -0.2) is 0 Å². The van der Waals surface area contributed by atoms with Crippen LogP contribution in [0.15, 0.2) is 47.7 Å². The SMILES string of the molecule is CN=C(NCc1ccn(C)c1)NCc1ccccc1CN1CCOCC1. The van der Waals surface area contributed by atoms with Gasteiger partial charge in [0, 0.05) is 59.2 Å². The third kappa shape index (κ3) is 5.34. The van der Waals surface area contributed by atoms with E-state index in [1.54, 1.807) is 7.05 Å². The van der Waals surface area contributed by atoms with E-state index in [1.807, 2.05) is 7.05 Å². The molecule has 0 unspecified atom stereocenters. The smallest absolute Gasteiger partial charge is 0.191 e. The standard InChI is InChI=1S/C20H29N5O/c1-21-20(22-13-17-7-8-24(2)15-17)23-14-18-5-3-4-6-19(18)16-25-9-11-26-12-10-25/h3-8,15H,9-14,16H2,1-2H3,(H2,21,22,23). The highest BCUT2D eigenvalue weighted by molar-refractivity contribution is 5.79. The summed E-state index contributed by atoms with van der Waals surface area (Å²) in [6.45, 7) is 6.15. The molecule has 0 saturated carbocycles. The van der Waals surface area contributed by atoms with Crippen LogP contribution in [-0.2, 0) is 31.4 Å². The lowest BCUT2D eigenvalue weighted by molar-refractivity contribution is 0.0341. The first-order chi connectivity index (χ1) is 12.7. The van der Waals surface area contributed by atoms with Gasteiger partial charge < -0.3 is 19.9 Å². The van der Waals surface area contributed by atoms with Crippen LogP contribution in [0, 0.1) is 0 Å². The minimum Gasteiger partial charge on any atom is -0.379 e. The third-order valence-electron chi connectivity index (χ3n) is 4.64. The van der Waals surface area contributed by atoms with Gasteiger partial charge in [-0.05, 0) is 22.8 Å². The van der Waals surface area contributed by atoms with Crippen LogP contribution in [0.25, 0.3) is 0 Å². The zero-order chi connectivity index (χ0) is 18.2. The van der Waals surface area contributed by atoms with E-state index >= 15 is 0 Å². The Labute approximate surface area is 155 Å². The molecule has 1 saturated heterocycles. The van der Waals surface area contributed by atoms with Crippen molar-refractivity contribution in [2.45, 2.75) is 19.6 Å². The number of rotatable bonds is 6. The Hall–Kier alpha value is -2.31. The minimum atomic E-state index is 0.759. The fourth-order valence-electron chi connectivity index (χ4n) is 3.14. The molecule has 6 heteroatoms. The number of morpholine rings is 1. The van der Waals surface area contributed by atoms with Crippen LogP contribution in [0.3, 0.4) is 0 Å². The predicted octanol–water partition coefficient (Wildman–Crippen LogP) is 1.72. The number of aryl methyl sites for hydroxylation is 1. The molecule has 3 rings (SSSR count). The minimum absolute atomic E-state index is 0.759. The van der Waals surface area contributed by atoms with E-state index in [4.69, 9.17) is 4.74 Å². The Morgan fingerprint density at radius 3 is 2.50 bits per heavy atom. The first-order valence-electron chi connectivity index (χ1n) is 9.17. The van der Waals surface area contributed by atoms with Crippen molar-refractivity contribution in [3.63, 3.8) is 0 Å². The van der Waals surface area contributed by atoms with Crippen LogP contribution in [0.2, 0.25) is 0 Å². The van der Waals surface area contributed by atoms with Gasteiger partial charge in [-0.2, -0.15) is 0 Å². The molecular weight excluding hydrogens is 326 g/mol. The van der Waals surface area contributed by atoms with E-state index in [2.05, 4.69) is 67.8 Å². The molecule has 1 fully saturated rings. The van der Waals surface area contributed by atoms with Crippen LogP contribution in [0.1, 0.15) is 16.7 Å². The average Bonchev–Trinajstić information content (AvgIpc) is 3.09. The lowest BCUT2D eigenvalue weighted by atomic mass is 10.1. The van der Waals surface area contributed by atoms with Gasteiger partial charge in [0.2, 0.25) is 0 Å². The van der Waals surface area contributed by atoms with Gasteiger partial charge in [-0.3, -0.25) is 9.89 Å². The topological polar surface area (TPSA) is 53.8 Å². The van der Waals surface area contributed by atoms with Crippen molar-refractivity contribution < 1.29 is 4.74 Å². The highest BCUT2D eigenvalue weighted by Crippen LogP contribution is 2.13. The number of nitrogens with zero attached hydrogens (tertiary/aromatic N) is 3. The molecule has 1 aromatic carbocycles.